The van der Waals surface area contributed by atoms with Crippen molar-refractivity contribution in [2.24, 2.45) is 0 Å². The second-order valence-electron chi connectivity index (χ2n) is 6.00. The van der Waals surface area contributed by atoms with Gasteiger partial charge in [-0.15, -0.1) is 0 Å². The highest BCUT2D eigenvalue weighted by Gasteiger charge is 2.53. The van der Waals surface area contributed by atoms with Gasteiger partial charge in [0.1, 0.15) is 9.84 Å². The number of rotatable bonds is 5. The topological polar surface area (TPSA) is 83.6 Å². The number of sulfone groups is 1. The maximum atomic E-state index is 13.2. The van der Waals surface area contributed by atoms with Gasteiger partial charge in [-0.3, -0.25) is 9.69 Å². The van der Waals surface area contributed by atoms with E-state index in [-0.39, 0.29) is 12.3 Å². The van der Waals surface area contributed by atoms with E-state index in [0.717, 1.165) is 11.2 Å². The average Bonchev–Trinajstić information content (AvgIpc) is 2.85. The lowest BCUT2D eigenvalue weighted by molar-refractivity contribution is -0.130. The van der Waals surface area contributed by atoms with Crippen LogP contribution in [-0.4, -0.2) is 43.8 Å². The summed E-state index contributed by atoms with van der Waals surface area (Å²) in [6.45, 7) is -0.176. The maximum Gasteiger partial charge on any atom is 0.325 e. The largest absolute Gasteiger partial charge is 0.325 e. The zero-order chi connectivity index (χ0) is 18.1. The fourth-order valence-corrected chi connectivity index (χ4v) is 3.48. The average molecular weight is 358 g/mol. The molecule has 1 saturated heterocycles. The Bertz CT molecular complexity index is 856. The number of benzene rings is 2. The van der Waals surface area contributed by atoms with E-state index in [1.165, 1.54) is 0 Å². The molecule has 1 aliphatic heterocycles. The summed E-state index contributed by atoms with van der Waals surface area (Å²) in [4.78, 5) is 26.6. The minimum Gasteiger partial charge on any atom is -0.315 e. The third kappa shape index (κ3) is 3.15. The van der Waals surface area contributed by atoms with Crippen molar-refractivity contribution < 1.29 is 18.0 Å². The van der Waals surface area contributed by atoms with Crippen LogP contribution in [0.2, 0.25) is 0 Å². The van der Waals surface area contributed by atoms with E-state index in [1.54, 1.807) is 48.5 Å². The molecule has 7 heteroatoms. The fraction of sp³-hybridized carbons (Fsp3) is 0.222. The molecule has 0 aliphatic carbocycles. The van der Waals surface area contributed by atoms with Crippen LogP contribution in [0, 0.1) is 0 Å². The van der Waals surface area contributed by atoms with Crippen molar-refractivity contribution in [1.29, 1.82) is 0 Å². The van der Waals surface area contributed by atoms with Crippen LogP contribution in [0.25, 0.3) is 0 Å². The van der Waals surface area contributed by atoms with E-state index in [9.17, 15) is 18.0 Å². The number of carbonyl (C=O) groups is 2. The minimum atomic E-state index is -3.30. The Morgan fingerprint density at radius 2 is 1.40 bits per heavy atom. The molecule has 0 aromatic heterocycles. The van der Waals surface area contributed by atoms with Gasteiger partial charge in [0.05, 0.1) is 5.75 Å². The highest BCUT2D eigenvalue weighted by atomic mass is 32.2. The maximum absolute atomic E-state index is 13.2. The van der Waals surface area contributed by atoms with E-state index in [0.29, 0.717) is 11.1 Å². The van der Waals surface area contributed by atoms with Gasteiger partial charge in [-0.2, -0.15) is 0 Å². The Labute approximate surface area is 146 Å². The molecule has 1 N–H and O–H groups in total. The SMILES string of the molecule is CS(=O)(=O)CCN1C(=O)NC(c2ccccc2)(c2ccccc2)C1=O. The van der Waals surface area contributed by atoms with Crippen LogP contribution in [-0.2, 0) is 20.2 Å². The van der Waals surface area contributed by atoms with E-state index in [1.807, 2.05) is 12.1 Å². The molecule has 1 aliphatic rings. The van der Waals surface area contributed by atoms with Crippen molar-refractivity contribution in [3.63, 3.8) is 0 Å². The molecule has 0 unspecified atom stereocenters. The summed E-state index contributed by atoms with van der Waals surface area (Å²) < 4.78 is 22.9. The highest BCUT2D eigenvalue weighted by molar-refractivity contribution is 7.90. The summed E-state index contributed by atoms with van der Waals surface area (Å²) in [5.41, 5.74) is -0.0975. The Kier molecular flexibility index (Phi) is 4.34. The first-order chi connectivity index (χ1) is 11.8. The second-order valence-corrected chi connectivity index (χ2v) is 8.26. The monoisotopic (exact) mass is 358 g/mol. The van der Waals surface area contributed by atoms with Crippen LogP contribution >= 0.6 is 0 Å². The summed E-state index contributed by atoms with van der Waals surface area (Å²) in [6, 6.07) is 17.3. The summed E-state index contributed by atoms with van der Waals surface area (Å²) in [5, 5.41) is 2.78. The molecule has 130 valence electrons. The molecule has 0 radical (unpaired) electrons. The standard InChI is InChI=1S/C18H18N2O4S/c1-25(23,24)13-12-20-16(21)18(19-17(20)22,14-8-4-2-5-9-14)15-10-6-3-7-11-15/h2-11H,12-13H2,1H3,(H,19,22). The quantitative estimate of drug-likeness (QED) is 0.822. The lowest BCUT2D eigenvalue weighted by Crippen LogP contribution is -2.45. The first-order valence-electron chi connectivity index (χ1n) is 7.77. The van der Waals surface area contributed by atoms with Crippen molar-refractivity contribution >= 4 is 21.8 Å². The number of urea groups is 1. The summed E-state index contributed by atoms with van der Waals surface area (Å²) in [5.74, 6) is -0.746. The zero-order valence-corrected chi connectivity index (χ0v) is 14.5. The lowest BCUT2D eigenvalue weighted by Gasteiger charge is -2.28. The van der Waals surface area contributed by atoms with Gasteiger partial charge >= 0.3 is 6.03 Å². The van der Waals surface area contributed by atoms with Gasteiger partial charge in [0.2, 0.25) is 0 Å². The van der Waals surface area contributed by atoms with Gasteiger partial charge < -0.3 is 5.32 Å². The van der Waals surface area contributed by atoms with Crippen LogP contribution < -0.4 is 5.32 Å². The third-order valence-electron chi connectivity index (χ3n) is 4.20. The zero-order valence-electron chi connectivity index (χ0n) is 13.7. The molecule has 0 bridgehead atoms. The van der Waals surface area contributed by atoms with Crippen LogP contribution in [0.1, 0.15) is 11.1 Å². The van der Waals surface area contributed by atoms with Gasteiger partial charge in [-0.05, 0) is 11.1 Å². The number of amides is 3. The number of hydrogen-bond acceptors (Lipinski definition) is 4. The fourth-order valence-electron chi connectivity index (χ4n) is 2.97. The summed E-state index contributed by atoms with van der Waals surface area (Å²) in [6.07, 6.45) is 1.08. The van der Waals surface area contributed by atoms with Crippen LogP contribution in [0.3, 0.4) is 0 Å². The molecule has 3 amide bonds. The van der Waals surface area contributed by atoms with Crippen molar-refractivity contribution in [2.75, 3.05) is 18.6 Å². The number of imide groups is 1. The molecule has 3 rings (SSSR count). The predicted octanol–water partition coefficient (Wildman–Crippen LogP) is 1.53. The predicted molar refractivity (Wildman–Crippen MR) is 93.6 cm³/mol. The van der Waals surface area contributed by atoms with E-state index < -0.39 is 27.3 Å². The highest BCUT2D eigenvalue weighted by Crippen LogP contribution is 2.35. The Morgan fingerprint density at radius 1 is 0.920 bits per heavy atom. The first-order valence-corrected chi connectivity index (χ1v) is 9.83. The van der Waals surface area contributed by atoms with Crippen LogP contribution in [0.15, 0.2) is 60.7 Å². The summed E-state index contributed by atoms with van der Waals surface area (Å²) in [7, 11) is -3.30. The third-order valence-corrected chi connectivity index (χ3v) is 5.13. The van der Waals surface area contributed by atoms with Crippen molar-refractivity contribution in [3.05, 3.63) is 71.8 Å². The Balaban J connectivity index is 2.08. The van der Waals surface area contributed by atoms with Crippen LogP contribution in [0.5, 0.6) is 0 Å². The molecule has 1 heterocycles. The molecule has 0 atom stereocenters. The van der Waals surface area contributed by atoms with Gasteiger partial charge in [0.25, 0.3) is 5.91 Å². The van der Waals surface area contributed by atoms with Crippen molar-refractivity contribution in [3.8, 4) is 0 Å². The molecule has 0 saturated carbocycles. The van der Waals surface area contributed by atoms with Crippen molar-refractivity contribution in [1.82, 2.24) is 10.2 Å². The van der Waals surface area contributed by atoms with Crippen LogP contribution in [0.4, 0.5) is 4.79 Å². The van der Waals surface area contributed by atoms with Gasteiger partial charge in [0.15, 0.2) is 5.54 Å². The Hall–Kier alpha value is -2.67. The second kappa shape index (κ2) is 6.33. The molecule has 2 aromatic carbocycles. The van der Waals surface area contributed by atoms with Gasteiger partial charge in [0, 0.05) is 12.8 Å². The molecule has 1 fully saturated rings. The molecule has 2 aromatic rings. The normalized spacial score (nSPS) is 16.8. The van der Waals surface area contributed by atoms with E-state index in [2.05, 4.69) is 5.32 Å². The number of nitrogens with one attached hydrogen (secondary N) is 1. The molecule has 6 nitrogen and oxygen atoms in total. The first kappa shape index (κ1) is 17.2. The molecule has 0 spiro atoms. The smallest absolute Gasteiger partial charge is 0.315 e. The van der Waals surface area contributed by atoms with E-state index >= 15 is 0 Å². The molecular weight excluding hydrogens is 340 g/mol. The Morgan fingerprint density at radius 3 is 1.84 bits per heavy atom. The van der Waals surface area contributed by atoms with Gasteiger partial charge in [-0.1, -0.05) is 60.7 Å². The van der Waals surface area contributed by atoms with Crippen molar-refractivity contribution in [2.45, 2.75) is 5.54 Å². The lowest BCUT2D eigenvalue weighted by atomic mass is 9.82. The number of hydrogen-bond donors (Lipinski definition) is 1. The molecule has 25 heavy (non-hydrogen) atoms. The van der Waals surface area contributed by atoms with E-state index in [4.69, 9.17) is 0 Å². The molecular formula is C18H18N2O4S. The van der Waals surface area contributed by atoms with Gasteiger partial charge in [-0.25, -0.2) is 13.2 Å². The summed E-state index contributed by atoms with van der Waals surface area (Å²) >= 11 is 0. The minimum absolute atomic E-state index is 0.176. The number of nitrogens with zero attached hydrogens (tertiary/aromatic N) is 1. The number of carbonyl (C=O) groups excluding carboxylic acids is 2.